The summed E-state index contributed by atoms with van der Waals surface area (Å²) < 4.78 is 10.4. The molecule has 6 heteroatoms. The molecule has 0 aromatic carbocycles. The molecule has 1 heterocycles. The van der Waals surface area contributed by atoms with Crippen molar-refractivity contribution in [1.29, 1.82) is 0 Å². The van der Waals surface area contributed by atoms with Crippen LogP contribution in [0.1, 0.15) is 19.8 Å². The van der Waals surface area contributed by atoms with Crippen molar-refractivity contribution in [2.45, 2.75) is 50.5 Å². The van der Waals surface area contributed by atoms with E-state index in [2.05, 4.69) is 0 Å². The van der Waals surface area contributed by atoms with E-state index in [1.807, 2.05) is 6.92 Å². The van der Waals surface area contributed by atoms with Gasteiger partial charge in [-0.1, -0.05) is 13.3 Å². The normalized spacial score (nSPS) is 39.9. The Labute approximate surface area is 94.4 Å². The summed E-state index contributed by atoms with van der Waals surface area (Å²) in [7, 11) is 0. The highest BCUT2D eigenvalue weighted by Gasteiger charge is 2.43. The van der Waals surface area contributed by atoms with Crippen LogP contribution in [0.2, 0.25) is 0 Å². The fourth-order valence-electron chi connectivity index (χ4n) is 1.55. The molecule has 16 heavy (non-hydrogen) atoms. The van der Waals surface area contributed by atoms with Gasteiger partial charge in [0.25, 0.3) is 0 Å². The molecule has 0 bridgehead atoms. The maximum Gasteiger partial charge on any atom is 0.186 e. The molecule has 0 radical (unpaired) electrons. The molecule has 0 spiro atoms. The van der Waals surface area contributed by atoms with E-state index in [0.717, 1.165) is 12.8 Å². The van der Waals surface area contributed by atoms with Crippen molar-refractivity contribution in [1.82, 2.24) is 0 Å². The van der Waals surface area contributed by atoms with Gasteiger partial charge >= 0.3 is 0 Å². The molecule has 1 fully saturated rings. The van der Waals surface area contributed by atoms with Crippen LogP contribution in [0, 0.1) is 0 Å². The first kappa shape index (κ1) is 13.8. The summed E-state index contributed by atoms with van der Waals surface area (Å²) in [5.41, 5.74) is 0. The second kappa shape index (κ2) is 6.48. The SMILES string of the molecule is CCCCO[C@@H]1O[C@@H](CO)[C@@H](O)[C@@H](O)[C@H]1O. The second-order valence-corrected chi connectivity index (χ2v) is 3.92. The Balaban J connectivity index is 2.50. The van der Waals surface area contributed by atoms with Crippen LogP contribution in [-0.2, 0) is 9.47 Å². The fourth-order valence-corrected chi connectivity index (χ4v) is 1.55. The lowest BCUT2D eigenvalue weighted by Crippen LogP contribution is -2.59. The van der Waals surface area contributed by atoms with E-state index >= 15 is 0 Å². The van der Waals surface area contributed by atoms with Gasteiger partial charge in [0.05, 0.1) is 6.61 Å². The maximum atomic E-state index is 9.58. The van der Waals surface area contributed by atoms with Crippen molar-refractivity contribution in [2.24, 2.45) is 0 Å². The van der Waals surface area contributed by atoms with Crippen molar-refractivity contribution in [3.8, 4) is 0 Å². The third kappa shape index (κ3) is 3.13. The predicted molar refractivity (Wildman–Crippen MR) is 54.6 cm³/mol. The van der Waals surface area contributed by atoms with Crippen LogP contribution in [0.3, 0.4) is 0 Å². The molecule has 1 saturated heterocycles. The molecule has 5 atom stereocenters. The molecule has 6 nitrogen and oxygen atoms in total. The standard InChI is InChI=1S/C10H20O6/c1-2-3-4-15-10-9(14)8(13)7(12)6(5-11)16-10/h6-14H,2-5H2,1H3/t6-,7+,8+,9+,10+/m0/s1. The van der Waals surface area contributed by atoms with E-state index in [1.165, 1.54) is 0 Å². The molecule has 0 saturated carbocycles. The quantitative estimate of drug-likeness (QED) is 0.438. The van der Waals surface area contributed by atoms with Crippen LogP contribution in [0.5, 0.6) is 0 Å². The van der Waals surface area contributed by atoms with Gasteiger partial charge in [0.1, 0.15) is 24.4 Å². The van der Waals surface area contributed by atoms with Gasteiger partial charge in [-0.2, -0.15) is 0 Å². The van der Waals surface area contributed by atoms with E-state index in [1.54, 1.807) is 0 Å². The van der Waals surface area contributed by atoms with Gasteiger partial charge in [0.15, 0.2) is 6.29 Å². The molecule has 96 valence electrons. The minimum Gasteiger partial charge on any atom is -0.394 e. The summed E-state index contributed by atoms with van der Waals surface area (Å²) in [4.78, 5) is 0. The largest absolute Gasteiger partial charge is 0.394 e. The Morgan fingerprint density at radius 2 is 1.81 bits per heavy atom. The van der Waals surface area contributed by atoms with E-state index in [4.69, 9.17) is 14.6 Å². The molecular weight excluding hydrogens is 216 g/mol. The van der Waals surface area contributed by atoms with E-state index in [-0.39, 0.29) is 0 Å². The number of unbranched alkanes of at least 4 members (excludes halogenated alkanes) is 1. The summed E-state index contributed by atoms with van der Waals surface area (Å²) in [6.45, 7) is 1.97. The number of ether oxygens (including phenoxy) is 2. The van der Waals surface area contributed by atoms with Gasteiger partial charge in [0, 0.05) is 6.61 Å². The minimum absolute atomic E-state index is 0.402. The lowest BCUT2D eigenvalue weighted by molar-refractivity contribution is -0.301. The van der Waals surface area contributed by atoms with Gasteiger partial charge in [-0.15, -0.1) is 0 Å². The molecule has 0 aliphatic carbocycles. The first-order chi connectivity index (χ1) is 7.61. The molecule has 1 aliphatic rings. The molecule has 4 N–H and O–H groups in total. The maximum absolute atomic E-state index is 9.58. The van der Waals surface area contributed by atoms with Crippen LogP contribution < -0.4 is 0 Å². The van der Waals surface area contributed by atoms with Crippen molar-refractivity contribution in [3.63, 3.8) is 0 Å². The Bertz CT molecular complexity index is 198. The molecule has 0 amide bonds. The summed E-state index contributed by atoms with van der Waals surface area (Å²) in [5, 5.41) is 37.5. The van der Waals surface area contributed by atoms with Gasteiger partial charge in [0.2, 0.25) is 0 Å². The van der Waals surface area contributed by atoms with E-state index in [0.29, 0.717) is 6.61 Å². The third-order valence-electron chi connectivity index (χ3n) is 2.63. The smallest absolute Gasteiger partial charge is 0.186 e. The van der Waals surface area contributed by atoms with Gasteiger partial charge < -0.3 is 29.9 Å². The zero-order chi connectivity index (χ0) is 12.1. The summed E-state index contributed by atoms with van der Waals surface area (Å²) in [5.74, 6) is 0. The highest BCUT2D eigenvalue weighted by Crippen LogP contribution is 2.21. The first-order valence-electron chi connectivity index (χ1n) is 5.54. The van der Waals surface area contributed by atoms with E-state index < -0.39 is 37.3 Å². The Hall–Kier alpha value is -0.240. The summed E-state index contributed by atoms with van der Waals surface area (Å²) in [6.07, 6.45) is -4.13. The summed E-state index contributed by atoms with van der Waals surface area (Å²) in [6, 6.07) is 0. The molecule has 0 unspecified atom stereocenters. The van der Waals surface area contributed by atoms with Gasteiger partial charge in [-0.05, 0) is 6.42 Å². The molecule has 1 rings (SSSR count). The number of rotatable bonds is 5. The van der Waals surface area contributed by atoms with Crippen molar-refractivity contribution >= 4 is 0 Å². The topological polar surface area (TPSA) is 99.4 Å². The lowest BCUT2D eigenvalue weighted by atomic mass is 9.99. The second-order valence-electron chi connectivity index (χ2n) is 3.92. The van der Waals surface area contributed by atoms with E-state index in [9.17, 15) is 15.3 Å². The van der Waals surface area contributed by atoms with Crippen LogP contribution in [0.4, 0.5) is 0 Å². The number of aliphatic hydroxyl groups is 4. The highest BCUT2D eigenvalue weighted by atomic mass is 16.7. The van der Waals surface area contributed by atoms with Crippen LogP contribution in [0.25, 0.3) is 0 Å². The van der Waals surface area contributed by atoms with Crippen molar-refractivity contribution in [2.75, 3.05) is 13.2 Å². The first-order valence-corrected chi connectivity index (χ1v) is 5.54. The zero-order valence-corrected chi connectivity index (χ0v) is 9.32. The summed E-state index contributed by atoms with van der Waals surface area (Å²) >= 11 is 0. The molecule has 0 aromatic rings. The Morgan fingerprint density at radius 3 is 2.38 bits per heavy atom. The van der Waals surface area contributed by atoms with Gasteiger partial charge in [-0.3, -0.25) is 0 Å². The number of hydrogen-bond donors (Lipinski definition) is 4. The molecule has 1 aliphatic heterocycles. The average molecular weight is 236 g/mol. The number of hydrogen-bond acceptors (Lipinski definition) is 6. The molecular formula is C10H20O6. The third-order valence-corrected chi connectivity index (χ3v) is 2.63. The van der Waals surface area contributed by atoms with Gasteiger partial charge in [-0.25, -0.2) is 0 Å². The highest BCUT2D eigenvalue weighted by molar-refractivity contribution is 4.88. The van der Waals surface area contributed by atoms with Crippen molar-refractivity contribution < 1.29 is 29.9 Å². The zero-order valence-electron chi connectivity index (χ0n) is 9.32. The average Bonchev–Trinajstić information content (AvgIpc) is 2.29. The monoisotopic (exact) mass is 236 g/mol. The Morgan fingerprint density at radius 1 is 1.12 bits per heavy atom. The minimum atomic E-state index is -1.36. The number of aliphatic hydroxyl groups excluding tert-OH is 4. The van der Waals surface area contributed by atoms with Crippen LogP contribution in [-0.4, -0.2) is 64.3 Å². The fraction of sp³-hybridized carbons (Fsp3) is 1.00. The Kier molecular flexibility index (Phi) is 5.60. The van der Waals surface area contributed by atoms with Crippen LogP contribution >= 0.6 is 0 Å². The lowest BCUT2D eigenvalue weighted by Gasteiger charge is -2.39. The van der Waals surface area contributed by atoms with Crippen molar-refractivity contribution in [3.05, 3.63) is 0 Å². The molecule has 0 aromatic heterocycles. The van der Waals surface area contributed by atoms with Crippen LogP contribution in [0.15, 0.2) is 0 Å². The predicted octanol–water partition coefficient (Wildman–Crippen LogP) is -1.40.